The van der Waals surface area contributed by atoms with Gasteiger partial charge in [0.05, 0.1) is 17.9 Å². The van der Waals surface area contributed by atoms with Gasteiger partial charge in [-0.1, -0.05) is 0 Å². The quantitative estimate of drug-likeness (QED) is 0.806. The monoisotopic (exact) mass is 267 g/mol. The summed E-state index contributed by atoms with van der Waals surface area (Å²) in [6.45, 7) is 2.13. The van der Waals surface area contributed by atoms with Crippen LogP contribution in [0.1, 0.15) is 28.9 Å². The van der Waals surface area contributed by atoms with E-state index in [-0.39, 0.29) is 12.0 Å². The Morgan fingerprint density at radius 1 is 1.58 bits per heavy atom. The van der Waals surface area contributed by atoms with Crippen molar-refractivity contribution in [2.75, 3.05) is 6.54 Å². The topological polar surface area (TPSA) is 93.5 Å². The molecule has 0 spiro atoms. The van der Waals surface area contributed by atoms with Gasteiger partial charge in [-0.15, -0.1) is 0 Å². The number of carboxylic acid groups (broad SMARTS) is 1. The molecule has 7 nitrogen and oxygen atoms in total. The number of hydrogen-bond donors (Lipinski definition) is 2. The Morgan fingerprint density at radius 2 is 2.32 bits per heavy atom. The first-order valence-corrected chi connectivity index (χ1v) is 6.14. The van der Waals surface area contributed by atoms with Crippen molar-refractivity contribution in [3.05, 3.63) is 17.5 Å². The van der Waals surface area contributed by atoms with Gasteiger partial charge in [0.15, 0.2) is 6.10 Å². The zero-order valence-corrected chi connectivity index (χ0v) is 10.9. The van der Waals surface area contributed by atoms with E-state index in [0.29, 0.717) is 24.9 Å². The Kier molecular flexibility index (Phi) is 3.84. The van der Waals surface area contributed by atoms with Gasteiger partial charge in [0, 0.05) is 19.3 Å². The van der Waals surface area contributed by atoms with Crippen LogP contribution >= 0.6 is 0 Å². The first-order valence-electron chi connectivity index (χ1n) is 6.14. The number of carbonyl (C=O) groups excluding carboxylic acids is 1. The third-order valence-corrected chi connectivity index (χ3v) is 3.35. The van der Waals surface area contributed by atoms with Crippen LogP contribution in [0.4, 0.5) is 0 Å². The van der Waals surface area contributed by atoms with E-state index in [2.05, 4.69) is 10.4 Å². The minimum Gasteiger partial charge on any atom is -0.479 e. The van der Waals surface area contributed by atoms with Crippen molar-refractivity contribution in [3.8, 4) is 0 Å². The molecule has 1 aliphatic heterocycles. The molecule has 1 amide bonds. The molecule has 2 atom stereocenters. The molecule has 0 radical (unpaired) electrons. The summed E-state index contributed by atoms with van der Waals surface area (Å²) in [6, 6.07) is 0. The maximum absolute atomic E-state index is 11.9. The van der Waals surface area contributed by atoms with Crippen LogP contribution < -0.4 is 5.32 Å². The number of amides is 1. The van der Waals surface area contributed by atoms with Crippen molar-refractivity contribution < 1.29 is 19.4 Å². The molecule has 0 aromatic carbocycles. The summed E-state index contributed by atoms with van der Waals surface area (Å²) >= 11 is 0. The predicted molar refractivity (Wildman–Crippen MR) is 65.8 cm³/mol. The highest BCUT2D eigenvalue weighted by atomic mass is 16.5. The van der Waals surface area contributed by atoms with Gasteiger partial charge in [-0.2, -0.15) is 5.10 Å². The number of ether oxygens (including phenoxy) is 1. The Hall–Kier alpha value is -1.89. The molecule has 1 saturated heterocycles. The third kappa shape index (κ3) is 2.93. The molecule has 19 heavy (non-hydrogen) atoms. The zero-order valence-electron chi connectivity index (χ0n) is 10.9. The first-order chi connectivity index (χ1) is 8.99. The van der Waals surface area contributed by atoms with Crippen LogP contribution in [0.3, 0.4) is 0 Å². The Balaban J connectivity index is 1.85. The summed E-state index contributed by atoms with van der Waals surface area (Å²) < 4.78 is 6.94. The van der Waals surface area contributed by atoms with Gasteiger partial charge < -0.3 is 15.2 Å². The lowest BCUT2D eigenvalue weighted by molar-refractivity contribution is -0.149. The summed E-state index contributed by atoms with van der Waals surface area (Å²) in [5.74, 6) is -1.16. The molecule has 1 aliphatic rings. The fraction of sp³-hybridized carbons (Fsp3) is 0.583. The molecule has 1 fully saturated rings. The lowest BCUT2D eigenvalue weighted by atomic mass is 10.2. The SMILES string of the molecule is Cc1c(C(=O)NCC2CCC(C(=O)O)O2)cnn1C. The standard InChI is InChI=1S/C12H17N3O4/c1-7-9(6-14-15(7)2)11(16)13-5-8-3-4-10(19-8)12(17)18/h6,8,10H,3-5H2,1-2H3,(H,13,16)(H,17,18). The first kappa shape index (κ1) is 13.5. The molecule has 2 rings (SSSR count). The molecular weight excluding hydrogens is 250 g/mol. The van der Waals surface area contributed by atoms with E-state index < -0.39 is 12.1 Å². The van der Waals surface area contributed by atoms with Crippen molar-refractivity contribution in [1.29, 1.82) is 0 Å². The predicted octanol–water partition coefficient (Wildman–Crippen LogP) is 0.0905. The van der Waals surface area contributed by atoms with E-state index in [9.17, 15) is 9.59 Å². The number of carboxylic acids is 1. The highest BCUT2D eigenvalue weighted by Crippen LogP contribution is 2.19. The van der Waals surface area contributed by atoms with Gasteiger partial charge in [0.25, 0.3) is 5.91 Å². The second-order valence-electron chi connectivity index (χ2n) is 4.64. The van der Waals surface area contributed by atoms with Crippen LogP contribution in [0, 0.1) is 6.92 Å². The minimum absolute atomic E-state index is 0.215. The Bertz CT molecular complexity index is 497. The lowest BCUT2D eigenvalue weighted by Gasteiger charge is -2.12. The molecule has 104 valence electrons. The average molecular weight is 267 g/mol. The molecule has 1 aromatic rings. The molecule has 7 heteroatoms. The smallest absolute Gasteiger partial charge is 0.332 e. The van der Waals surface area contributed by atoms with Crippen molar-refractivity contribution in [3.63, 3.8) is 0 Å². The van der Waals surface area contributed by atoms with Crippen LogP contribution in [-0.4, -0.2) is 45.5 Å². The van der Waals surface area contributed by atoms with Gasteiger partial charge in [-0.25, -0.2) is 4.79 Å². The van der Waals surface area contributed by atoms with Crippen LogP contribution in [0.15, 0.2) is 6.20 Å². The van der Waals surface area contributed by atoms with Gasteiger partial charge in [0.2, 0.25) is 0 Å². The highest BCUT2D eigenvalue weighted by molar-refractivity contribution is 5.95. The Labute approximate surface area is 110 Å². The van der Waals surface area contributed by atoms with E-state index in [0.717, 1.165) is 5.69 Å². The number of aryl methyl sites for hydroxylation is 1. The molecule has 1 aromatic heterocycles. The van der Waals surface area contributed by atoms with Crippen LogP contribution in [0.2, 0.25) is 0 Å². The average Bonchev–Trinajstić information content (AvgIpc) is 2.95. The highest BCUT2D eigenvalue weighted by Gasteiger charge is 2.30. The number of nitrogens with zero attached hydrogens (tertiary/aromatic N) is 2. The summed E-state index contributed by atoms with van der Waals surface area (Å²) in [5.41, 5.74) is 1.31. The minimum atomic E-state index is -0.947. The Morgan fingerprint density at radius 3 is 2.84 bits per heavy atom. The number of hydrogen-bond acceptors (Lipinski definition) is 4. The maximum Gasteiger partial charge on any atom is 0.332 e. The van der Waals surface area contributed by atoms with Crippen molar-refractivity contribution in [2.45, 2.75) is 32.0 Å². The van der Waals surface area contributed by atoms with Gasteiger partial charge in [-0.3, -0.25) is 9.48 Å². The lowest BCUT2D eigenvalue weighted by Crippen LogP contribution is -2.33. The summed E-state index contributed by atoms with van der Waals surface area (Å²) in [6.07, 6.45) is 1.66. The van der Waals surface area contributed by atoms with Crippen LogP contribution in [-0.2, 0) is 16.6 Å². The number of aliphatic carboxylic acids is 1. The number of nitrogens with one attached hydrogen (secondary N) is 1. The molecule has 2 N–H and O–H groups in total. The molecule has 0 saturated carbocycles. The fourth-order valence-electron chi connectivity index (χ4n) is 2.06. The van der Waals surface area contributed by atoms with Crippen molar-refractivity contribution in [1.82, 2.24) is 15.1 Å². The van der Waals surface area contributed by atoms with Gasteiger partial charge in [0.1, 0.15) is 0 Å². The number of rotatable bonds is 4. The molecule has 0 aliphatic carbocycles. The normalized spacial score (nSPS) is 22.4. The van der Waals surface area contributed by atoms with Crippen LogP contribution in [0.5, 0.6) is 0 Å². The number of aromatic nitrogens is 2. The molecule has 2 heterocycles. The van der Waals surface area contributed by atoms with E-state index in [1.807, 2.05) is 6.92 Å². The zero-order chi connectivity index (χ0) is 14.0. The maximum atomic E-state index is 11.9. The second kappa shape index (κ2) is 5.40. The van der Waals surface area contributed by atoms with Crippen molar-refractivity contribution in [2.24, 2.45) is 7.05 Å². The third-order valence-electron chi connectivity index (χ3n) is 3.35. The molecular formula is C12H17N3O4. The summed E-state index contributed by atoms with van der Waals surface area (Å²) in [5, 5.41) is 15.5. The van der Waals surface area contributed by atoms with E-state index >= 15 is 0 Å². The molecule has 0 bridgehead atoms. The van der Waals surface area contributed by atoms with E-state index in [4.69, 9.17) is 9.84 Å². The second-order valence-corrected chi connectivity index (χ2v) is 4.64. The van der Waals surface area contributed by atoms with Gasteiger partial charge >= 0.3 is 5.97 Å². The fourth-order valence-corrected chi connectivity index (χ4v) is 2.06. The summed E-state index contributed by atoms with van der Waals surface area (Å²) in [4.78, 5) is 22.6. The largest absolute Gasteiger partial charge is 0.479 e. The summed E-state index contributed by atoms with van der Waals surface area (Å²) in [7, 11) is 1.77. The van der Waals surface area contributed by atoms with Crippen molar-refractivity contribution >= 4 is 11.9 Å². The number of carbonyl (C=O) groups is 2. The molecule has 2 unspecified atom stereocenters. The van der Waals surface area contributed by atoms with Gasteiger partial charge in [-0.05, 0) is 19.8 Å². The van der Waals surface area contributed by atoms with Crippen LogP contribution in [0.25, 0.3) is 0 Å². The van der Waals surface area contributed by atoms with E-state index in [1.165, 1.54) is 6.20 Å². The van der Waals surface area contributed by atoms with E-state index in [1.54, 1.807) is 11.7 Å².